The van der Waals surface area contributed by atoms with Crippen LogP contribution in [0.2, 0.25) is 0 Å². The van der Waals surface area contributed by atoms with E-state index in [-0.39, 0.29) is 6.07 Å². The maximum Gasteiger partial charge on any atom is 0.448 e. The fourth-order valence-electron chi connectivity index (χ4n) is 2.21. The molecule has 2 rings (SSSR count). The summed E-state index contributed by atoms with van der Waals surface area (Å²) in [5.41, 5.74) is -8.78. The van der Waals surface area contributed by atoms with Gasteiger partial charge in [0.25, 0.3) is 11.4 Å². The number of fused-ring (bicyclic) bond motifs is 1. The molecule has 124 valence electrons. The number of ether oxygens (including phenoxy) is 1. The van der Waals surface area contributed by atoms with Gasteiger partial charge in [0.1, 0.15) is 0 Å². The van der Waals surface area contributed by atoms with Crippen molar-refractivity contribution < 1.29 is 49.4 Å². The van der Waals surface area contributed by atoms with Crippen LogP contribution in [-0.2, 0) is 16.1 Å². The highest BCUT2D eigenvalue weighted by Gasteiger charge is 2.82. The second-order valence-corrected chi connectivity index (χ2v) is 4.47. The lowest BCUT2D eigenvalue weighted by Gasteiger charge is -2.36. The summed E-state index contributed by atoms with van der Waals surface area (Å²) in [7, 11) is 0. The van der Waals surface area contributed by atoms with Crippen molar-refractivity contribution >= 4 is 0 Å². The van der Waals surface area contributed by atoms with Crippen LogP contribution in [0, 0.1) is 0 Å². The van der Waals surface area contributed by atoms with Gasteiger partial charge in [-0.25, -0.2) is 0 Å². The molecule has 1 heterocycles. The van der Waals surface area contributed by atoms with E-state index in [9.17, 15) is 44.6 Å². The summed E-state index contributed by atoms with van der Waals surface area (Å²) in [6.07, 6.45) is -18.5. The summed E-state index contributed by atoms with van der Waals surface area (Å²) in [6.45, 7) is 0. The van der Waals surface area contributed by atoms with Crippen molar-refractivity contribution in [3.05, 3.63) is 35.4 Å². The van der Waals surface area contributed by atoms with Crippen LogP contribution in [0.1, 0.15) is 11.1 Å². The Morgan fingerprint density at radius 3 is 1.50 bits per heavy atom. The molecule has 1 aliphatic heterocycles. The smallest absolute Gasteiger partial charge is 0.355 e. The van der Waals surface area contributed by atoms with Crippen LogP contribution in [-0.4, -0.2) is 23.6 Å². The highest BCUT2D eigenvalue weighted by molar-refractivity contribution is 5.43. The predicted molar refractivity (Wildman–Crippen MR) is 51.3 cm³/mol. The van der Waals surface area contributed by atoms with Gasteiger partial charge < -0.3 is 9.84 Å². The Hall–Kier alpha value is -1.49. The summed E-state index contributed by atoms with van der Waals surface area (Å²) < 4.78 is 120. The summed E-state index contributed by atoms with van der Waals surface area (Å²) >= 11 is 0. The van der Waals surface area contributed by atoms with Gasteiger partial charge in [0.2, 0.25) is 0 Å². The maximum atomic E-state index is 13.0. The third kappa shape index (κ3) is 1.91. The first kappa shape index (κ1) is 16.9. The Labute approximate surface area is 116 Å². The summed E-state index contributed by atoms with van der Waals surface area (Å²) in [4.78, 5) is 0. The molecule has 1 atom stereocenters. The molecular formula is C11H5F9O2. The fraction of sp³-hybridized carbons (Fsp3) is 0.455. The normalized spacial score (nSPS) is 25.2. The van der Waals surface area contributed by atoms with E-state index in [4.69, 9.17) is 0 Å². The van der Waals surface area contributed by atoms with Crippen LogP contribution in [0.4, 0.5) is 39.5 Å². The number of hydrogen-bond acceptors (Lipinski definition) is 2. The molecule has 22 heavy (non-hydrogen) atoms. The Balaban J connectivity index is 2.87. The molecule has 0 amide bonds. The summed E-state index contributed by atoms with van der Waals surface area (Å²) in [5, 5.41) is 9.40. The van der Waals surface area contributed by atoms with Gasteiger partial charge in [0.05, 0.1) is 0 Å². The molecule has 0 unspecified atom stereocenters. The lowest BCUT2D eigenvalue weighted by Crippen LogP contribution is -2.57. The molecule has 0 spiro atoms. The van der Waals surface area contributed by atoms with Crippen LogP contribution in [0.5, 0.6) is 0 Å². The number of rotatable bonds is 0. The lowest BCUT2D eigenvalue weighted by molar-refractivity contribution is -0.468. The zero-order valence-corrected chi connectivity index (χ0v) is 10.1. The van der Waals surface area contributed by atoms with E-state index < -0.39 is 41.0 Å². The number of hydrogen-bond donors (Lipinski definition) is 1. The Morgan fingerprint density at radius 2 is 1.14 bits per heavy atom. The van der Waals surface area contributed by atoms with E-state index in [0.717, 1.165) is 6.07 Å². The van der Waals surface area contributed by atoms with Crippen molar-refractivity contribution in [1.82, 2.24) is 0 Å². The van der Waals surface area contributed by atoms with Crippen LogP contribution >= 0.6 is 0 Å². The van der Waals surface area contributed by atoms with Gasteiger partial charge in [-0.2, -0.15) is 39.5 Å². The number of benzene rings is 1. The predicted octanol–water partition coefficient (Wildman–Crippen LogP) is 3.74. The molecule has 0 aromatic heterocycles. The van der Waals surface area contributed by atoms with E-state index in [1.807, 2.05) is 0 Å². The minimum atomic E-state index is -6.28. The molecule has 0 radical (unpaired) electrons. The zero-order chi connectivity index (χ0) is 17.2. The van der Waals surface area contributed by atoms with Gasteiger partial charge in [-0.3, -0.25) is 0 Å². The van der Waals surface area contributed by atoms with Crippen LogP contribution in [0.25, 0.3) is 0 Å². The average molecular weight is 340 g/mol. The monoisotopic (exact) mass is 340 g/mol. The highest BCUT2D eigenvalue weighted by atomic mass is 19.4. The third-order valence-corrected chi connectivity index (χ3v) is 3.15. The molecule has 1 N–H and O–H groups in total. The SMILES string of the molecule is O[C@@]1(C(F)(F)F)OC(C(F)(F)F)(C(F)(F)F)c2ccccc21. The highest BCUT2D eigenvalue weighted by Crippen LogP contribution is 2.63. The lowest BCUT2D eigenvalue weighted by atomic mass is 9.89. The quantitative estimate of drug-likeness (QED) is 0.729. The second kappa shape index (κ2) is 4.28. The van der Waals surface area contributed by atoms with Gasteiger partial charge >= 0.3 is 18.5 Å². The molecule has 1 aromatic carbocycles. The van der Waals surface area contributed by atoms with Gasteiger partial charge in [-0.05, 0) is 0 Å². The van der Waals surface area contributed by atoms with Crippen molar-refractivity contribution in [2.75, 3.05) is 0 Å². The summed E-state index contributed by atoms with van der Waals surface area (Å²) in [5.74, 6) is -4.73. The largest absolute Gasteiger partial charge is 0.448 e. The first-order chi connectivity index (χ1) is 9.68. The Morgan fingerprint density at radius 1 is 0.727 bits per heavy atom. The maximum absolute atomic E-state index is 13.0. The van der Waals surface area contributed by atoms with E-state index in [1.54, 1.807) is 0 Å². The van der Waals surface area contributed by atoms with E-state index in [0.29, 0.717) is 12.1 Å². The summed E-state index contributed by atoms with van der Waals surface area (Å²) in [6, 6.07) is 1.90. The molecule has 1 aliphatic rings. The van der Waals surface area contributed by atoms with E-state index in [2.05, 4.69) is 4.74 Å². The van der Waals surface area contributed by atoms with Gasteiger partial charge in [-0.15, -0.1) is 0 Å². The van der Waals surface area contributed by atoms with Gasteiger partial charge in [0.15, 0.2) is 0 Å². The zero-order valence-electron chi connectivity index (χ0n) is 10.1. The molecule has 0 saturated heterocycles. The second-order valence-electron chi connectivity index (χ2n) is 4.47. The molecule has 2 nitrogen and oxygen atoms in total. The van der Waals surface area contributed by atoms with Crippen LogP contribution < -0.4 is 0 Å². The van der Waals surface area contributed by atoms with Gasteiger partial charge in [0, 0.05) is 11.1 Å². The van der Waals surface area contributed by atoms with Gasteiger partial charge in [-0.1, -0.05) is 24.3 Å². The fourth-order valence-corrected chi connectivity index (χ4v) is 2.21. The van der Waals surface area contributed by atoms with Crippen LogP contribution in [0.3, 0.4) is 0 Å². The molecule has 0 fully saturated rings. The average Bonchev–Trinajstić information content (AvgIpc) is 2.60. The number of halogens is 9. The topological polar surface area (TPSA) is 29.5 Å². The first-order valence-electron chi connectivity index (χ1n) is 5.41. The minimum Gasteiger partial charge on any atom is -0.355 e. The Bertz CT molecular complexity index is 572. The molecule has 0 saturated carbocycles. The van der Waals surface area contributed by atoms with E-state index in [1.165, 1.54) is 0 Å². The number of alkyl halides is 9. The third-order valence-electron chi connectivity index (χ3n) is 3.15. The van der Waals surface area contributed by atoms with Crippen molar-refractivity contribution in [3.63, 3.8) is 0 Å². The standard InChI is InChI=1S/C11H5F9O2/c12-9(13,14)7(10(15,16)17)5-3-1-2-4-6(5)8(21,22-7)11(18,19)20/h1-4,21H/t8-/m1/s1. The van der Waals surface area contributed by atoms with E-state index >= 15 is 0 Å². The van der Waals surface area contributed by atoms with Crippen molar-refractivity contribution in [1.29, 1.82) is 0 Å². The Kier molecular flexibility index (Phi) is 3.28. The number of aliphatic hydroxyl groups is 1. The van der Waals surface area contributed by atoms with Crippen LogP contribution in [0.15, 0.2) is 24.3 Å². The molecule has 0 bridgehead atoms. The molecule has 0 aliphatic carbocycles. The molecular weight excluding hydrogens is 335 g/mol. The molecule has 1 aromatic rings. The van der Waals surface area contributed by atoms with Crippen molar-refractivity contribution in [3.8, 4) is 0 Å². The molecule has 11 heteroatoms. The minimum absolute atomic E-state index is 0.181. The van der Waals surface area contributed by atoms with Crippen molar-refractivity contribution in [2.24, 2.45) is 0 Å². The van der Waals surface area contributed by atoms with Crippen molar-refractivity contribution in [2.45, 2.75) is 29.9 Å². The first-order valence-corrected chi connectivity index (χ1v) is 5.41.